The van der Waals surface area contributed by atoms with Gasteiger partial charge in [-0.05, 0) is 29.8 Å². The second-order valence-electron chi connectivity index (χ2n) is 5.62. The molecule has 2 aromatic carbocycles. The van der Waals surface area contributed by atoms with E-state index in [-0.39, 0.29) is 18.1 Å². The Morgan fingerprint density at radius 3 is 2.81 bits per heavy atom. The lowest BCUT2D eigenvalue weighted by Crippen LogP contribution is -2.42. The number of nitrogens with zero attached hydrogens (tertiary/aromatic N) is 1. The van der Waals surface area contributed by atoms with Gasteiger partial charge in [-0.25, -0.2) is 9.78 Å². The normalized spacial score (nSPS) is 12.1. The van der Waals surface area contributed by atoms with Crippen molar-refractivity contribution in [3.8, 4) is 0 Å². The number of carbonyl (C=O) groups is 2. The molecule has 27 heavy (non-hydrogen) atoms. The van der Waals surface area contributed by atoms with Gasteiger partial charge in [0.25, 0.3) is 0 Å². The molecule has 1 atom stereocenters. The number of nitrogens with one attached hydrogen (secondary N) is 1. The van der Waals surface area contributed by atoms with Gasteiger partial charge in [0, 0.05) is 15.7 Å². The van der Waals surface area contributed by atoms with E-state index in [1.807, 2.05) is 42.5 Å². The predicted molar refractivity (Wildman–Crippen MR) is 112 cm³/mol. The molecule has 3 aromatic rings. The van der Waals surface area contributed by atoms with Gasteiger partial charge in [-0.2, -0.15) is 12.6 Å². The maximum Gasteiger partial charge on any atom is 0.327 e. The highest BCUT2D eigenvalue weighted by Crippen LogP contribution is 2.36. The van der Waals surface area contributed by atoms with E-state index in [1.165, 1.54) is 11.8 Å². The van der Waals surface area contributed by atoms with Crippen LogP contribution in [-0.4, -0.2) is 33.8 Å². The molecule has 0 aliphatic heterocycles. The van der Waals surface area contributed by atoms with Crippen LogP contribution in [0.15, 0.2) is 51.7 Å². The summed E-state index contributed by atoms with van der Waals surface area (Å²) in [6.45, 7) is 0. The summed E-state index contributed by atoms with van der Waals surface area (Å²) in [5, 5.41) is 12.2. The Morgan fingerprint density at radius 1 is 1.30 bits per heavy atom. The Morgan fingerprint density at radius 2 is 2.07 bits per heavy atom. The lowest BCUT2D eigenvalue weighted by molar-refractivity contribution is -0.141. The van der Waals surface area contributed by atoms with Crippen molar-refractivity contribution in [2.45, 2.75) is 21.7 Å². The molecule has 0 saturated heterocycles. The van der Waals surface area contributed by atoms with Crippen molar-refractivity contribution in [1.82, 2.24) is 10.3 Å². The Kier molecular flexibility index (Phi) is 6.64. The van der Waals surface area contributed by atoms with Gasteiger partial charge < -0.3 is 10.4 Å². The number of thiol groups is 1. The van der Waals surface area contributed by atoms with E-state index in [9.17, 15) is 9.59 Å². The summed E-state index contributed by atoms with van der Waals surface area (Å²) in [6.07, 6.45) is 0.0808. The van der Waals surface area contributed by atoms with Gasteiger partial charge in [-0.15, -0.1) is 11.3 Å². The minimum atomic E-state index is -1.10. The number of thiazole rings is 1. The SMILES string of the molecule is O=C(Cc1ccccc1Sc1nc2cc(Cl)ccc2s1)NC(CS)C(=O)O. The monoisotopic (exact) mass is 438 g/mol. The van der Waals surface area contributed by atoms with Crippen molar-refractivity contribution in [2.75, 3.05) is 5.75 Å². The fourth-order valence-corrected chi connectivity index (χ4v) is 4.92. The van der Waals surface area contributed by atoms with Crippen LogP contribution in [0.3, 0.4) is 0 Å². The first-order valence-electron chi connectivity index (χ1n) is 7.91. The molecule has 1 unspecified atom stereocenters. The van der Waals surface area contributed by atoms with Gasteiger partial charge in [0.05, 0.1) is 16.6 Å². The zero-order chi connectivity index (χ0) is 19.4. The predicted octanol–water partition coefficient (Wildman–Crippen LogP) is 4.14. The molecule has 0 saturated carbocycles. The highest BCUT2D eigenvalue weighted by atomic mass is 35.5. The van der Waals surface area contributed by atoms with Crippen LogP contribution >= 0.6 is 47.3 Å². The number of carboxylic acid groups (broad SMARTS) is 1. The highest BCUT2D eigenvalue weighted by molar-refractivity contribution is 8.01. The van der Waals surface area contributed by atoms with Crippen molar-refractivity contribution < 1.29 is 14.7 Å². The Labute approximate surface area is 174 Å². The topological polar surface area (TPSA) is 79.3 Å². The number of aliphatic carboxylic acids is 1. The fourth-order valence-electron chi connectivity index (χ4n) is 2.37. The van der Waals surface area contributed by atoms with Crippen molar-refractivity contribution in [1.29, 1.82) is 0 Å². The summed E-state index contributed by atoms with van der Waals surface area (Å²) in [5.74, 6) is -1.43. The molecule has 1 amide bonds. The molecular weight excluding hydrogens is 424 g/mol. The Bertz CT molecular complexity index is 993. The number of halogens is 1. The molecule has 3 rings (SSSR count). The number of hydrogen-bond acceptors (Lipinski definition) is 6. The smallest absolute Gasteiger partial charge is 0.327 e. The second kappa shape index (κ2) is 8.97. The summed E-state index contributed by atoms with van der Waals surface area (Å²) in [4.78, 5) is 28.8. The molecule has 140 valence electrons. The zero-order valence-corrected chi connectivity index (χ0v) is 17.2. The van der Waals surface area contributed by atoms with Gasteiger partial charge in [-0.3, -0.25) is 4.79 Å². The van der Waals surface area contributed by atoms with E-state index in [2.05, 4.69) is 22.9 Å². The first-order chi connectivity index (χ1) is 13.0. The molecule has 0 spiro atoms. The quantitative estimate of drug-likeness (QED) is 0.483. The van der Waals surface area contributed by atoms with Crippen LogP contribution in [0.2, 0.25) is 5.02 Å². The van der Waals surface area contributed by atoms with Crippen LogP contribution < -0.4 is 5.32 Å². The number of carbonyl (C=O) groups excluding carboxylic acids is 1. The molecule has 0 aliphatic rings. The van der Waals surface area contributed by atoms with Crippen molar-refractivity contribution in [2.24, 2.45) is 0 Å². The molecule has 2 N–H and O–H groups in total. The molecule has 0 radical (unpaired) electrons. The number of aromatic nitrogens is 1. The van der Waals surface area contributed by atoms with Crippen molar-refractivity contribution in [3.05, 3.63) is 53.1 Å². The molecular formula is C18H15ClN2O3S3. The van der Waals surface area contributed by atoms with Crippen LogP contribution in [0.1, 0.15) is 5.56 Å². The Balaban J connectivity index is 1.77. The maximum absolute atomic E-state index is 12.2. The van der Waals surface area contributed by atoms with Crippen LogP contribution in [0, 0.1) is 0 Å². The third-order valence-electron chi connectivity index (χ3n) is 3.67. The minimum absolute atomic E-state index is 0.0335. The molecule has 1 heterocycles. The third kappa shape index (κ3) is 5.16. The highest BCUT2D eigenvalue weighted by Gasteiger charge is 2.19. The average molecular weight is 439 g/mol. The maximum atomic E-state index is 12.2. The number of amides is 1. The first kappa shape index (κ1) is 20.0. The van der Waals surface area contributed by atoms with Gasteiger partial charge in [0.1, 0.15) is 6.04 Å². The van der Waals surface area contributed by atoms with Crippen LogP contribution in [0.25, 0.3) is 10.2 Å². The molecule has 5 nitrogen and oxygen atoms in total. The largest absolute Gasteiger partial charge is 0.480 e. The van der Waals surface area contributed by atoms with Crippen LogP contribution in [-0.2, 0) is 16.0 Å². The number of carboxylic acids is 1. The lowest BCUT2D eigenvalue weighted by Gasteiger charge is -2.13. The van der Waals surface area contributed by atoms with Crippen LogP contribution in [0.4, 0.5) is 0 Å². The molecule has 0 bridgehead atoms. The number of rotatable bonds is 7. The van der Waals surface area contributed by atoms with E-state index in [4.69, 9.17) is 16.7 Å². The van der Waals surface area contributed by atoms with E-state index in [1.54, 1.807) is 11.3 Å². The number of benzene rings is 2. The standard InChI is InChI=1S/C18H15ClN2O3S3/c19-11-5-6-15-12(8-11)21-18(27-15)26-14-4-2-1-3-10(14)7-16(22)20-13(9-25)17(23)24/h1-6,8,13,25H,7,9H2,(H,20,22)(H,23,24). The van der Waals surface area contributed by atoms with Gasteiger partial charge in [0.15, 0.2) is 4.34 Å². The molecule has 9 heteroatoms. The van der Waals surface area contributed by atoms with E-state index in [0.717, 1.165) is 25.0 Å². The average Bonchev–Trinajstić information content (AvgIpc) is 3.02. The summed E-state index contributed by atoms with van der Waals surface area (Å²) in [6, 6.07) is 12.1. The first-order valence-corrected chi connectivity index (χ1v) is 10.6. The number of fused-ring (bicyclic) bond motifs is 1. The fraction of sp³-hybridized carbons (Fsp3) is 0.167. The lowest BCUT2D eigenvalue weighted by atomic mass is 10.1. The zero-order valence-electron chi connectivity index (χ0n) is 13.9. The molecule has 0 fully saturated rings. The molecule has 1 aromatic heterocycles. The van der Waals surface area contributed by atoms with Gasteiger partial charge in [0.2, 0.25) is 5.91 Å². The van der Waals surface area contributed by atoms with E-state index >= 15 is 0 Å². The van der Waals surface area contributed by atoms with E-state index in [0.29, 0.717) is 5.02 Å². The molecule has 0 aliphatic carbocycles. The van der Waals surface area contributed by atoms with Gasteiger partial charge >= 0.3 is 5.97 Å². The third-order valence-corrected chi connectivity index (χ3v) is 6.48. The summed E-state index contributed by atoms with van der Waals surface area (Å²) in [5.41, 5.74) is 1.64. The summed E-state index contributed by atoms with van der Waals surface area (Å²) in [7, 11) is 0. The van der Waals surface area contributed by atoms with Crippen LogP contribution in [0.5, 0.6) is 0 Å². The summed E-state index contributed by atoms with van der Waals surface area (Å²) < 4.78 is 1.88. The minimum Gasteiger partial charge on any atom is -0.480 e. The Hall–Kier alpha value is -1.74. The van der Waals surface area contributed by atoms with Crippen molar-refractivity contribution >= 4 is 69.4 Å². The summed E-state index contributed by atoms with van der Waals surface area (Å²) >= 11 is 13.0. The van der Waals surface area contributed by atoms with E-state index < -0.39 is 12.0 Å². The van der Waals surface area contributed by atoms with Crippen molar-refractivity contribution in [3.63, 3.8) is 0 Å². The second-order valence-corrected chi connectivity index (χ2v) is 8.74. The van der Waals surface area contributed by atoms with Gasteiger partial charge in [-0.1, -0.05) is 41.6 Å². The number of hydrogen-bond donors (Lipinski definition) is 3.